The number of para-hydroxylation sites is 1. The lowest BCUT2D eigenvalue weighted by molar-refractivity contribution is -0.139. The van der Waals surface area contributed by atoms with Crippen molar-refractivity contribution < 1.29 is 9.59 Å². The van der Waals surface area contributed by atoms with Crippen LogP contribution < -0.4 is 10.6 Å². The lowest BCUT2D eigenvalue weighted by Gasteiger charge is -2.56. The van der Waals surface area contributed by atoms with Gasteiger partial charge in [-0.2, -0.15) is 0 Å². The normalized spacial score (nSPS) is 32.7. The summed E-state index contributed by atoms with van der Waals surface area (Å²) in [5.74, 6) is 1.52. The maximum absolute atomic E-state index is 12.6. The molecular weight excluding hydrogens is 312 g/mol. The van der Waals surface area contributed by atoms with Gasteiger partial charge in [0.15, 0.2) is 0 Å². The van der Waals surface area contributed by atoms with E-state index in [9.17, 15) is 9.59 Å². The second-order valence-corrected chi connectivity index (χ2v) is 8.85. The summed E-state index contributed by atoms with van der Waals surface area (Å²) in [6.45, 7) is 4.17. The summed E-state index contributed by atoms with van der Waals surface area (Å²) in [6, 6.07) is 7.71. The van der Waals surface area contributed by atoms with E-state index in [1.807, 2.05) is 24.3 Å². The third kappa shape index (κ3) is 3.19. The van der Waals surface area contributed by atoms with Crippen LogP contribution in [0.2, 0.25) is 0 Å². The fourth-order valence-electron chi connectivity index (χ4n) is 5.85. The van der Waals surface area contributed by atoms with E-state index in [4.69, 9.17) is 0 Å². The Hall–Kier alpha value is -1.84. The van der Waals surface area contributed by atoms with Gasteiger partial charge in [0.2, 0.25) is 0 Å². The van der Waals surface area contributed by atoms with Crippen LogP contribution in [0.3, 0.4) is 0 Å². The van der Waals surface area contributed by atoms with E-state index in [0.717, 1.165) is 48.3 Å². The highest BCUT2D eigenvalue weighted by atomic mass is 16.2. The molecule has 5 rings (SSSR count). The molecule has 4 aliphatic rings. The van der Waals surface area contributed by atoms with Gasteiger partial charge in [-0.1, -0.05) is 32.0 Å². The van der Waals surface area contributed by atoms with Crippen molar-refractivity contribution in [1.82, 2.24) is 5.32 Å². The van der Waals surface area contributed by atoms with Crippen LogP contribution in [0.15, 0.2) is 24.3 Å². The largest absolute Gasteiger partial charge is 0.342 e. The van der Waals surface area contributed by atoms with Gasteiger partial charge in [-0.15, -0.1) is 0 Å². The lowest BCUT2D eigenvalue weighted by atomic mass is 9.53. The van der Waals surface area contributed by atoms with Gasteiger partial charge in [-0.05, 0) is 73.8 Å². The van der Waals surface area contributed by atoms with Crippen LogP contribution in [0.1, 0.15) is 63.9 Å². The molecule has 0 spiro atoms. The number of amides is 2. The quantitative estimate of drug-likeness (QED) is 0.822. The number of benzene rings is 1. The zero-order valence-corrected chi connectivity index (χ0v) is 15.2. The number of rotatable bonds is 3. The molecule has 0 radical (unpaired) electrons. The van der Waals surface area contributed by atoms with Gasteiger partial charge in [0, 0.05) is 11.2 Å². The highest BCUT2D eigenvalue weighted by Crippen LogP contribution is 2.55. The number of hydrogen-bond acceptors (Lipinski definition) is 2. The van der Waals surface area contributed by atoms with Crippen LogP contribution in [0.25, 0.3) is 0 Å². The molecule has 134 valence electrons. The molecule has 0 unspecified atom stereocenters. The number of hydrogen-bond donors (Lipinski definition) is 2. The number of anilines is 1. The lowest BCUT2D eigenvalue weighted by Crippen LogP contribution is -2.61. The Morgan fingerprint density at radius 2 is 1.52 bits per heavy atom. The molecule has 0 aromatic heterocycles. The molecule has 0 saturated heterocycles. The maximum Gasteiger partial charge on any atom is 0.313 e. The molecule has 0 atom stereocenters. The fourth-order valence-corrected chi connectivity index (χ4v) is 5.85. The molecule has 4 heteroatoms. The average Bonchev–Trinajstić information content (AvgIpc) is 2.53. The van der Waals surface area contributed by atoms with Crippen molar-refractivity contribution >= 4 is 17.5 Å². The fraction of sp³-hybridized carbons (Fsp3) is 0.619. The van der Waals surface area contributed by atoms with Gasteiger partial charge in [0.25, 0.3) is 0 Å². The Morgan fingerprint density at radius 3 is 2.08 bits per heavy atom. The van der Waals surface area contributed by atoms with Crippen LogP contribution in [-0.2, 0) is 9.59 Å². The van der Waals surface area contributed by atoms with E-state index in [1.165, 1.54) is 19.3 Å². The summed E-state index contributed by atoms with van der Waals surface area (Å²) in [7, 11) is 0. The number of carbonyl (C=O) groups is 2. The molecule has 2 amide bonds. The van der Waals surface area contributed by atoms with Crippen molar-refractivity contribution in [3.05, 3.63) is 29.8 Å². The van der Waals surface area contributed by atoms with Crippen molar-refractivity contribution in [1.29, 1.82) is 0 Å². The van der Waals surface area contributed by atoms with Crippen molar-refractivity contribution in [2.45, 2.75) is 63.8 Å². The molecule has 25 heavy (non-hydrogen) atoms. The molecule has 4 saturated carbocycles. The standard InChI is InChI=1S/C21H28N2O2/c1-13(2)17-5-3-4-6-18(17)22-19(24)20(25)23-21-10-14-7-15(11-21)9-16(8-14)12-21/h3-6,13-16H,7-12H2,1-2H3,(H,22,24)(H,23,25). The van der Waals surface area contributed by atoms with Crippen molar-refractivity contribution in [3.63, 3.8) is 0 Å². The second-order valence-electron chi connectivity index (χ2n) is 8.85. The van der Waals surface area contributed by atoms with Gasteiger partial charge in [-0.3, -0.25) is 9.59 Å². The van der Waals surface area contributed by atoms with Crippen LogP contribution in [0.4, 0.5) is 5.69 Å². The molecule has 4 fully saturated rings. The molecule has 1 aromatic rings. The van der Waals surface area contributed by atoms with Crippen LogP contribution >= 0.6 is 0 Å². The first-order chi connectivity index (χ1) is 11.9. The van der Waals surface area contributed by atoms with E-state index in [2.05, 4.69) is 24.5 Å². The van der Waals surface area contributed by atoms with Crippen LogP contribution in [0, 0.1) is 17.8 Å². The zero-order valence-electron chi connectivity index (χ0n) is 15.2. The SMILES string of the molecule is CC(C)c1ccccc1NC(=O)C(=O)NC12CC3CC(CC(C3)C1)C2. The molecule has 4 nitrogen and oxygen atoms in total. The molecular formula is C21H28N2O2. The van der Waals surface area contributed by atoms with E-state index < -0.39 is 11.8 Å². The highest BCUT2D eigenvalue weighted by Gasteiger charge is 2.51. The third-order valence-electron chi connectivity index (χ3n) is 6.45. The first kappa shape index (κ1) is 16.6. The third-order valence-corrected chi connectivity index (χ3v) is 6.45. The predicted molar refractivity (Wildman–Crippen MR) is 98.2 cm³/mol. The Kier molecular flexibility index (Phi) is 4.09. The maximum atomic E-state index is 12.6. The van der Waals surface area contributed by atoms with Crippen molar-refractivity contribution in [2.75, 3.05) is 5.32 Å². The van der Waals surface area contributed by atoms with Crippen LogP contribution in [0.5, 0.6) is 0 Å². The smallest absolute Gasteiger partial charge is 0.313 e. The van der Waals surface area contributed by atoms with Crippen molar-refractivity contribution in [3.8, 4) is 0 Å². The average molecular weight is 340 g/mol. The molecule has 4 aliphatic carbocycles. The topological polar surface area (TPSA) is 58.2 Å². The van der Waals surface area contributed by atoms with E-state index in [-0.39, 0.29) is 5.54 Å². The number of carbonyl (C=O) groups excluding carboxylic acids is 2. The summed E-state index contributed by atoms with van der Waals surface area (Å²) >= 11 is 0. The first-order valence-electron chi connectivity index (χ1n) is 9.66. The first-order valence-corrected chi connectivity index (χ1v) is 9.66. The van der Waals surface area contributed by atoms with E-state index >= 15 is 0 Å². The zero-order chi connectivity index (χ0) is 17.6. The molecule has 0 aliphatic heterocycles. The van der Waals surface area contributed by atoms with Gasteiger partial charge in [0.05, 0.1) is 0 Å². The van der Waals surface area contributed by atoms with Crippen LogP contribution in [-0.4, -0.2) is 17.4 Å². The molecule has 0 heterocycles. The monoisotopic (exact) mass is 340 g/mol. The molecule has 1 aromatic carbocycles. The Labute approximate surface area is 149 Å². The molecule has 4 bridgehead atoms. The highest BCUT2D eigenvalue weighted by molar-refractivity contribution is 6.39. The summed E-state index contributed by atoms with van der Waals surface area (Å²) < 4.78 is 0. The minimum absolute atomic E-state index is 0.124. The minimum Gasteiger partial charge on any atom is -0.342 e. The Balaban J connectivity index is 1.44. The summed E-state index contributed by atoms with van der Waals surface area (Å²) in [5.41, 5.74) is 1.67. The van der Waals surface area contributed by atoms with E-state index in [0.29, 0.717) is 5.92 Å². The summed E-state index contributed by atoms with van der Waals surface area (Å²) in [6.07, 6.45) is 7.14. The second kappa shape index (κ2) is 6.15. The summed E-state index contributed by atoms with van der Waals surface area (Å²) in [5, 5.41) is 5.97. The van der Waals surface area contributed by atoms with Gasteiger partial charge in [-0.25, -0.2) is 0 Å². The van der Waals surface area contributed by atoms with Gasteiger partial charge < -0.3 is 10.6 Å². The molecule has 2 N–H and O–H groups in total. The Bertz CT molecular complexity index is 660. The van der Waals surface area contributed by atoms with Crippen molar-refractivity contribution in [2.24, 2.45) is 17.8 Å². The summed E-state index contributed by atoms with van der Waals surface area (Å²) in [4.78, 5) is 25.1. The Morgan fingerprint density at radius 1 is 0.960 bits per heavy atom. The van der Waals surface area contributed by atoms with Gasteiger partial charge in [0.1, 0.15) is 0 Å². The predicted octanol–water partition coefficient (Wildman–Crippen LogP) is 3.83. The minimum atomic E-state index is -0.538. The van der Waals surface area contributed by atoms with E-state index in [1.54, 1.807) is 0 Å². The van der Waals surface area contributed by atoms with Gasteiger partial charge >= 0.3 is 11.8 Å². The number of nitrogens with one attached hydrogen (secondary N) is 2.